The average molecular weight is 686 g/mol. The number of carbonyl (C=O) groups is 2. The molecule has 3 aliphatic heterocycles. The van der Waals surface area contributed by atoms with E-state index < -0.39 is 11.6 Å². The van der Waals surface area contributed by atoms with E-state index in [0.29, 0.717) is 93.9 Å². The summed E-state index contributed by atoms with van der Waals surface area (Å²) in [5.74, 6) is -0.448. The van der Waals surface area contributed by atoms with Crippen LogP contribution < -0.4 is 20.6 Å². The summed E-state index contributed by atoms with van der Waals surface area (Å²) in [4.78, 5) is 39.8. The number of nitriles is 1. The van der Waals surface area contributed by atoms with Gasteiger partial charge in [-0.15, -0.1) is 5.53 Å². The fourth-order valence-corrected chi connectivity index (χ4v) is 7.10. The minimum absolute atomic E-state index is 0. The van der Waals surface area contributed by atoms with Crippen molar-refractivity contribution in [3.63, 3.8) is 0 Å². The van der Waals surface area contributed by atoms with Crippen molar-refractivity contribution < 1.29 is 24.5 Å². The van der Waals surface area contributed by atoms with Gasteiger partial charge >= 0.3 is 0 Å². The van der Waals surface area contributed by atoms with E-state index in [0.717, 1.165) is 22.9 Å². The van der Waals surface area contributed by atoms with E-state index >= 15 is 4.39 Å². The van der Waals surface area contributed by atoms with Crippen molar-refractivity contribution in [3.05, 3.63) is 77.4 Å². The van der Waals surface area contributed by atoms with Gasteiger partial charge in [-0.3, -0.25) is 14.6 Å². The highest BCUT2D eigenvalue weighted by atomic mass is 19.1. The maximum atomic E-state index is 16.6. The van der Waals surface area contributed by atoms with E-state index in [4.69, 9.17) is 4.74 Å². The SMILES string of the molecule is COc1cc(F)cnc1N1CCN(C(=O)c2cc3c(C4=CCC(C#N)CC4)cc(C4=CCCN(C(=O)CCN5C=CNN5)C4)c(F)c3[nH]2)CC1.[HH]. The summed E-state index contributed by atoms with van der Waals surface area (Å²) in [6, 6.07) is 7.22. The number of hydrogen-bond acceptors (Lipinski definition) is 9. The molecule has 0 bridgehead atoms. The van der Waals surface area contributed by atoms with E-state index in [-0.39, 0.29) is 36.9 Å². The van der Waals surface area contributed by atoms with Crippen LogP contribution in [-0.4, -0.2) is 89.5 Å². The third-order valence-electron chi connectivity index (χ3n) is 9.87. The van der Waals surface area contributed by atoms with Crippen LogP contribution in [0.4, 0.5) is 14.6 Å². The van der Waals surface area contributed by atoms with E-state index in [1.54, 1.807) is 27.1 Å². The van der Waals surface area contributed by atoms with E-state index in [2.05, 4.69) is 33.1 Å². The molecule has 1 saturated heterocycles. The number of allylic oxidation sites excluding steroid dienone is 2. The second-order valence-corrected chi connectivity index (χ2v) is 12.9. The number of hydrogen-bond donors (Lipinski definition) is 3. The number of H-pyrrole nitrogens is 1. The highest BCUT2D eigenvalue weighted by molar-refractivity contribution is 6.03. The summed E-state index contributed by atoms with van der Waals surface area (Å²) in [6.07, 6.45) is 11.6. The standard InChI is InChI=1S/C36H39F2N9O3.H2/c1-50-31-17-26(37)21-40-35(31)44-13-15-45(16-14-44)36(49)30-19-29-27(24-6-4-23(20-39)5-7-24)18-28(33(38)34(29)42-30)25-3-2-10-46(22-25)32(48)8-11-47-12-9-41-43-47;/h3,6,9,12,17-19,21,23,41-43H,2,4-5,7-8,10-11,13-16,22H2,1H3;1H. The zero-order valence-corrected chi connectivity index (χ0v) is 27.8. The van der Waals surface area contributed by atoms with Gasteiger partial charge in [0.2, 0.25) is 5.91 Å². The Kier molecular flexibility index (Phi) is 9.40. The second kappa shape index (κ2) is 14.2. The average Bonchev–Trinajstić information content (AvgIpc) is 3.85. The number of benzene rings is 1. The van der Waals surface area contributed by atoms with Crippen LogP contribution >= 0.6 is 0 Å². The van der Waals surface area contributed by atoms with Gasteiger partial charge in [-0.1, -0.05) is 12.2 Å². The molecule has 4 aliphatic rings. The minimum Gasteiger partial charge on any atom is -0.493 e. The number of halogens is 2. The van der Waals surface area contributed by atoms with Gasteiger partial charge in [-0.05, 0) is 54.5 Å². The first-order valence-electron chi connectivity index (χ1n) is 16.9. The molecule has 7 rings (SSSR count). The first-order chi connectivity index (χ1) is 24.3. The fourth-order valence-electron chi connectivity index (χ4n) is 7.10. The normalized spacial score (nSPS) is 19.3. The Morgan fingerprint density at radius 1 is 1.08 bits per heavy atom. The maximum absolute atomic E-state index is 16.6. The molecule has 50 heavy (non-hydrogen) atoms. The van der Waals surface area contributed by atoms with Gasteiger partial charge in [0, 0.05) is 83.1 Å². The molecular weight excluding hydrogens is 644 g/mol. The molecule has 0 radical (unpaired) electrons. The van der Waals surface area contributed by atoms with Gasteiger partial charge in [0.15, 0.2) is 17.4 Å². The second-order valence-electron chi connectivity index (χ2n) is 12.9. The molecule has 1 aromatic carbocycles. The van der Waals surface area contributed by atoms with Crippen LogP contribution in [-0.2, 0) is 4.79 Å². The molecule has 0 spiro atoms. The summed E-state index contributed by atoms with van der Waals surface area (Å²) in [5.41, 5.74) is 9.27. The number of rotatable bonds is 8. The molecule has 1 fully saturated rings. The van der Waals surface area contributed by atoms with Crippen molar-refractivity contribution in [1.29, 1.82) is 5.26 Å². The lowest BCUT2D eigenvalue weighted by Gasteiger charge is -2.35. The van der Waals surface area contributed by atoms with Crippen molar-refractivity contribution in [2.24, 2.45) is 5.92 Å². The number of piperazine rings is 1. The van der Waals surface area contributed by atoms with Crippen molar-refractivity contribution in [2.45, 2.75) is 32.1 Å². The third-order valence-corrected chi connectivity index (χ3v) is 9.87. The molecular formula is C36H41F2N9O3. The summed E-state index contributed by atoms with van der Waals surface area (Å²) >= 11 is 0. The van der Waals surface area contributed by atoms with Crippen molar-refractivity contribution >= 4 is 39.7 Å². The van der Waals surface area contributed by atoms with Gasteiger partial charge in [0.1, 0.15) is 11.5 Å². The largest absolute Gasteiger partial charge is 0.493 e. The number of pyridine rings is 1. The number of carbonyl (C=O) groups excluding carboxylic acids is 2. The molecule has 2 amide bonds. The Hall–Kier alpha value is -5.42. The number of methoxy groups -OCH3 is 1. The number of anilines is 1. The van der Waals surface area contributed by atoms with Crippen LogP contribution in [0, 0.1) is 28.9 Å². The first-order valence-corrected chi connectivity index (χ1v) is 16.9. The molecule has 0 saturated carbocycles. The quantitative estimate of drug-likeness (QED) is 0.312. The highest BCUT2D eigenvalue weighted by Gasteiger charge is 2.29. The number of nitrogens with zero attached hydrogens (tertiary/aromatic N) is 6. The lowest BCUT2D eigenvalue weighted by Crippen LogP contribution is -2.49. The number of fused-ring (bicyclic) bond motifs is 1. The monoisotopic (exact) mass is 685 g/mol. The van der Waals surface area contributed by atoms with Crippen LogP contribution in [0.1, 0.15) is 55.1 Å². The van der Waals surface area contributed by atoms with E-state index in [1.165, 1.54) is 13.2 Å². The molecule has 5 heterocycles. The topological polar surface area (TPSA) is 133 Å². The van der Waals surface area contributed by atoms with Crippen molar-refractivity contribution in [1.82, 2.24) is 35.7 Å². The summed E-state index contributed by atoms with van der Waals surface area (Å²) in [6.45, 7) is 3.02. The van der Waals surface area contributed by atoms with Gasteiger partial charge in [0.25, 0.3) is 5.91 Å². The predicted molar refractivity (Wildman–Crippen MR) is 186 cm³/mol. The van der Waals surface area contributed by atoms with E-state index in [9.17, 15) is 19.2 Å². The van der Waals surface area contributed by atoms with Crippen molar-refractivity contribution in [2.75, 3.05) is 57.8 Å². The van der Waals surface area contributed by atoms with Crippen molar-refractivity contribution in [3.8, 4) is 11.8 Å². The van der Waals surface area contributed by atoms with Crippen LogP contribution in [0.3, 0.4) is 0 Å². The van der Waals surface area contributed by atoms with Gasteiger partial charge in [0.05, 0.1) is 30.8 Å². The summed E-state index contributed by atoms with van der Waals surface area (Å²) in [7, 11) is 1.46. The molecule has 3 N–H and O–H groups in total. The molecule has 1 atom stereocenters. The number of aromatic amines is 1. The third kappa shape index (κ3) is 6.60. The lowest BCUT2D eigenvalue weighted by atomic mass is 9.85. The smallest absolute Gasteiger partial charge is 0.270 e. The molecule has 3 aromatic rings. The van der Waals surface area contributed by atoms with Gasteiger partial charge < -0.3 is 29.8 Å². The Labute approximate surface area is 290 Å². The number of nitrogens with one attached hydrogen (secondary N) is 3. The molecule has 14 heteroatoms. The Balaban J connectivity index is 0.00000448. The van der Waals surface area contributed by atoms with Crippen LogP contribution in [0.5, 0.6) is 5.75 Å². The summed E-state index contributed by atoms with van der Waals surface area (Å²) < 4.78 is 35.7. The Morgan fingerprint density at radius 2 is 1.92 bits per heavy atom. The molecule has 1 aliphatic carbocycles. The minimum atomic E-state index is -0.492. The fraction of sp³-hybridized carbons (Fsp3) is 0.389. The number of aromatic nitrogens is 2. The molecule has 262 valence electrons. The van der Waals surface area contributed by atoms with Gasteiger partial charge in [-0.2, -0.15) is 5.26 Å². The van der Waals surface area contributed by atoms with Gasteiger partial charge in [-0.25, -0.2) is 13.8 Å². The Bertz CT molecular complexity index is 1950. The zero-order valence-electron chi connectivity index (χ0n) is 27.8. The molecule has 12 nitrogen and oxygen atoms in total. The number of amides is 2. The number of hydrazine groups is 2. The molecule has 2 aromatic heterocycles. The van der Waals surface area contributed by atoms with Crippen LogP contribution in [0.2, 0.25) is 0 Å². The molecule has 1 unspecified atom stereocenters. The number of ether oxygens (including phenoxy) is 1. The zero-order chi connectivity index (χ0) is 34.8. The highest BCUT2D eigenvalue weighted by Crippen LogP contribution is 2.39. The van der Waals surface area contributed by atoms with Crippen LogP contribution in [0.15, 0.2) is 48.9 Å². The first kappa shape index (κ1) is 33.1. The van der Waals surface area contributed by atoms with Crippen LogP contribution in [0.25, 0.3) is 22.0 Å². The van der Waals surface area contributed by atoms with E-state index in [1.807, 2.05) is 23.2 Å². The maximum Gasteiger partial charge on any atom is 0.270 e. The Morgan fingerprint density at radius 3 is 2.64 bits per heavy atom. The predicted octanol–water partition coefficient (Wildman–Crippen LogP) is 4.57. The summed E-state index contributed by atoms with van der Waals surface area (Å²) in [5, 5.41) is 11.9. The lowest BCUT2D eigenvalue weighted by molar-refractivity contribution is -0.131.